The van der Waals surface area contributed by atoms with Crippen LogP contribution in [0.1, 0.15) is 20.2 Å². The molecule has 0 saturated heterocycles. The molecule has 0 aliphatic carbocycles. The lowest BCUT2D eigenvalue weighted by molar-refractivity contribution is 0.0702. The van der Waals surface area contributed by atoms with Gasteiger partial charge >= 0.3 is 5.97 Å². The Morgan fingerprint density at radius 2 is 2.05 bits per heavy atom. The average molecular weight is 312 g/mol. The number of hydrogen-bond donors (Lipinski definition) is 2. The molecule has 0 fully saturated rings. The number of carbonyl (C=O) groups is 1. The van der Waals surface area contributed by atoms with E-state index in [0.29, 0.717) is 10.6 Å². The Labute approximate surface area is 120 Å². The first kappa shape index (κ1) is 14.5. The number of pyridine rings is 1. The summed E-state index contributed by atoms with van der Waals surface area (Å²) in [5, 5.41) is 8.90. The third kappa shape index (κ3) is 2.97. The summed E-state index contributed by atoms with van der Waals surface area (Å²) in [7, 11) is -3.84. The van der Waals surface area contributed by atoms with Crippen LogP contribution in [-0.4, -0.2) is 24.5 Å². The number of anilines is 1. The molecule has 2 rings (SSSR count). The molecular weight excluding hydrogens is 300 g/mol. The van der Waals surface area contributed by atoms with Crippen LogP contribution in [-0.2, 0) is 10.0 Å². The van der Waals surface area contributed by atoms with Crippen molar-refractivity contribution < 1.29 is 18.3 Å². The van der Waals surface area contributed by atoms with Crippen LogP contribution in [0.2, 0.25) is 0 Å². The molecule has 2 aromatic rings. The summed E-state index contributed by atoms with van der Waals surface area (Å²) < 4.78 is 26.8. The molecule has 0 aliphatic rings. The number of hydrogen-bond acceptors (Lipinski definition) is 5. The van der Waals surface area contributed by atoms with Gasteiger partial charge in [0.05, 0.1) is 0 Å². The smallest absolute Gasteiger partial charge is 0.345 e. The largest absolute Gasteiger partial charge is 0.477 e. The first-order valence-electron chi connectivity index (χ1n) is 5.60. The zero-order valence-electron chi connectivity index (χ0n) is 10.7. The van der Waals surface area contributed by atoms with E-state index in [1.807, 2.05) is 0 Å². The van der Waals surface area contributed by atoms with Crippen LogP contribution in [0.25, 0.3) is 0 Å². The fraction of sp³-hybridized carbons (Fsp3) is 0.167. The molecule has 0 amide bonds. The molecule has 0 spiro atoms. The highest BCUT2D eigenvalue weighted by Gasteiger charge is 2.22. The maximum absolute atomic E-state index is 12.2. The van der Waals surface area contributed by atoms with Gasteiger partial charge in [0.1, 0.15) is 15.6 Å². The Morgan fingerprint density at radius 1 is 1.35 bits per heavy atom. The van der Waals surface area contributed by atoms with Gasteiger partial charge in [0, 0.05) is 10.6 Å². The summed E-state index contributed by atoms with van der Waals surface area (Å²) in [5.74, 6) is -0.944. The topological polar surface area (TPSA) is 96.4 Å². The molecule has 20 heavy (non-hydrogen) atoms. The minimum absolute atomic E-state index is 0.0138. The number of nitrogens with zero attached hydrogens (tertiary/aromatic N) is 1. The second-order valence-corrected chi connectivity index (χ2v) is 7.01. The normalized spacial score (nSPS) is 11.3. The third-order valence-electron chi connectivity index (χ3n) is 2.50. The van der Waals surface area contributed by atoms with Crippen molar-refractivity contribution in [3.8, 4) is 0 Å². The lowest BCUT2D eigenvalue weighted by Gasteiger charge is -2.07. The molecule has 2 N–H and O–H groups in total. The maximum atomic E-state index is 12.2. The third-order valence-corrected chi connectivity index (χ3v) is 5.15. The Balaban J connectivity index is 2.38. The molecule has 0 atom stereocenters. The first-order chi connectivity index (χ1) is 9.29. The van der Waals surface area contributed by atoms with E-state index in [2.05, 4.69) is 9.71 Å². The van der Waals surface area contributed by atoms with Crippen LogP contribution >= 0.6 is 11.3 Å². The van der Waals surface area contributed by atoms with Gasteiger partial charge in [-0.05, 0) is 32.0 Å². The lowest BCUT2D eigenvalue weighted by Crippen LogP contribution is -2.14. The molecule has 0 radical (unpaired) electrons. The number of aromatic nitrogens is 1. The summed E-state index contributed by atoms with van der Waals surface area (Å²) in [6.07, 6.45) is 0. The highest BCUT2D eigenvalue weighted by Crippen LogP contribution is 2.27. The van der Waals surface area contributed by atoms with E-state index in [1.165, 1.54) is 6.07 Å². The average Bonchev–Trinajstić information content (AvgIpc) is 2.71. The number of carboxylic acids is 1. The Kier molecular flexibility index (Phi) is 3.78. The van der Waals surface area contributed by atoms with Gasteiger partial charge < -0.3 is 5.11 Å². The van der Waals surface area contributed by atoms with E-state index in [-0.39, 0.29) is 15.6 Å². The highest BCUT2D eigenvalue weighted by atomic mass is 32.2. The van der Waals surface area contributed by atoms with Crippen LogP contribution in [0.15, 0.2) is 29.2 Å². The van der Waals surface area contributed by atoms with Crippen LogP contribution in [0.3, 0.4) is 0 Å². The second-order valence-electron chi connectivity index (χ2n) is 4.11. The Morgan fingerprint density at radius 3 is 2.60 bits per heavy atom. The van der Waals surface area contributed by atoms with Crippen molar-refractivity contribution in [1.29, 1.82) is 0 Å². The van der Waals surface area contributed by atoms with Gasteiger partial charge in [-0.1, -0.05) is 6.07 Å². The molecule has 2 heterocycles. The fourth-order valence-corrected chi connectivity index (χ4v) is 4.06. The van der Waals surface area contributed by atoms with Crippen molar-refractivity contribution in [3.05, 3.63) is 39.7 Å². The van der Waals surface area contributed by atoms with Gasteiger partial charge in [-0.25, -0.2) is 18.2 Å². The van der Waals surface area contributed by atoms with Gasteiger partial charge in [0.15, 0.2) is 0 Å². The number of carboxylic acid groups (broad SMARTS) is 1. The number of sulfonamides is 1. The monoisotopic (exact) mass is 312 g/mol. The van der Waals surface area contributed by atoms with E-state index in [0.717, 1.165) is 17.4 Å². The van der Waals surface area contributed by atoms with Crippen molar-refractivity contribution in [2.75, 3.05) is 4.72 Å². The Bertz CT molecular complexity index is 766. The van der Waals surface area contributed by atoms with Crippen molar-refractivity contribution in [2.24, 2.45) is 0 Å². The first-order valence-corrected chi connectivity index (χ1v) is 7.90. The molecule has 106 valence electrons. The van der Waals surface area contributed by atoms with Crippen LogP contribution in [0, 0.1) is 13.8 Å². The Hall–Kier alpha value is -1.93. The SMILES string of the molecule is Cc1cccc(NS(=O)(=O)c2cc(C(=O)O)sc2C)n1. The zero-order valence-corrected chi connectivity index (χ0v) is 12.4. The van der Waals surface area contributed by atoms with Crippen molar-refractivity contribution in [2.45, 2.75) is 18.7 Å². The molecule has 8 heteroatoms. The molecule has 6 nitrogen and oxygen atoms in total. The fourth-order valence-electron chi connectivity index (χ4n) is 1.63. The summed E-state index contributed by atoms with van der Waals surface area (Å²) >= 11 is 0.924. The number of aryl methyl sites for hydroxylation is 2. The van der Waals surface area contributed by atoms with Crippen LogP contribution in [0.4, 0.5) is 5.82 Å². The predicted molar refractivity (Wildman–Crippen MR) is 75.8 cm³/mol. The summed E-state index contributed by atoms with van der Waals surface area (Å²) in [4.78, 5) is 15.3. The summed E-state index contributed by atoms with van der Waals surface area (Å²) in [6, 6.07) is 6.12. The summed E-state index contributed by atoms with van der Waals surface area (Å²) in [5.41, 5.74) is 0.679. The zero-order chi connectivity index (χ0) is 14.9. The second kappa shape index (κ2) is 5.22. The van der Waals surface area contributed by atoms with Gasteiger partial charge in [-0.2, -0.15) is 0 Å². The lowest BCUT2D eigenvalue weighted by atomic mass is 10.4. The van der Waals surface area contributed by atoms with E-state index in [4.69, 9.17) is 5.11 Å². The minimum Gasteiger partial charge on any atom is -0.477 e. The number of nitrogens with one attached hydrogen (secondary N) is 1. The van der Waals surface area contributed by atoms with Crippen molar-refractivity contribution in [1.82, 2.24) is 4.98 Å². The molecule has 0 bridgehead atoms. The molecule has 0 unspecified atom stereocenters. The van der Waals surface area contributed by atoms with Crippen molar-refractivity contribution >= 4 is 33.1 Å². The van der Waals surface area contributed by atoms with Gasteiger partial charge in [-0.15, -0.1) is 11.3 Å². The van der Waals surface area contributed by atoms with E-state index < -0.39 is 16.0 Å². The van der Waals surface area contributed by atoms with Crippen molar-refractivity contribution in [3.63, 3.8) is 0 Å². The predicted octanol–water partition coefficient (Wildman–Crippen LogP) is 2.26. The number of thiophene rings is 1. The standard InChI is InChI=1S/C12H12N2O4S2/c1-7-4-3-5-11(13-7)14-20(17,18)10-6-9(12(15)16)19-8(10)2/h3-6H,1-2H3,(H,13,14)(H,15,16). The minimum atomic E-state index is -3.84. The van der Waals surface area contributed by atoms with E-state index in [1.54, 1.807) is 26.0 Å². The van der Waals surface area contributed by atoms with E-state index in [9.17, 15) is 13.2 Å². The van der Waals surface area contributed by atoms with Crippen LogP contribution < -0.4 is 4.72 Å². The quantitative estimate of drug-likeness (QED) is 0.902. The van der Waals surface area contributed by atoms with Gasteiger partial charge in [-0.3, -0.25) is 4.72 Å². The molecule has 2 aromatic heterocycles. The number of aromatic carboxylic acids is 1. The molecular formula is C12H12N2O4S2. The molecule has 0 aliphatic heterocycles. The van der Waals surface area contributed by atoms with Gasteiger partial charge in [0.2, 0.25) is 0 Å². The van der Waals surface area contributed by atoms with E-state index >= 15 is 0 Å². The van der Waals surface area contributed by atoms with Gasteiger partial charge in [0.25, 0.3) is 10.0 Å². The maximum Gasteiger partial charge on any atom is 0.345 e. The molecule has 0 aromatic carbocycles. The summed E-state index contributed by atoms with van der Waals surface area (Å²) in [6.45, 7) is 3.31. The highest BCUT2D eigenvalue weighted by molar-refractivity contribution is 7.93. The number of rotatable bonds is 4. The molecule has 0 saturated carbocycles. The van der Waals surface area contributed by atoms with Crippen LogP contribution in [0.5, 0.6) is 0 Å².